The van der Waals surface area contributed by atoms with E-state index in [-0.39, 0.29) is 4.90 Å². The molecular formula is C27H42N2O2S. The Kier molecular flexibility index (Phi) is 5.99. The number of sulfonamides is 1. The maximum absolute atomic E-state index is 11.6. The van der Waals surface area contributed by atoms with E-state index in [0.29, 0.717) is 23.9 Å². The summed E-state index contributed by atoms with van der Waals surface area (Å²) >= 11 is 0. The van der Waals surface area contributed by atoms with Crippen LogP contribution in [0.4, 0.5) is 0 Å². The largest absolute Gasteiger partial charge is 0.300 e. The Bertz CT molecular complexity index is 929. The molecule has 0 radical (unpaired) electrons. The zero-order chi connectivity index (χ0) is 22.8. The minimum atomic E-state index is -3.62. The van der Waals surface area contributed by atoms with Crippen LogP contribution in [0.1, 0.15) is 77.2 Å². The lowest BCUT2D eigenvalue weighted by atomic mass is 9.71. The molecule has 4 bridgehead atoms. The zero-order valence-electron chi connectivity index (χ0n) is 20.3. The molecule has 0 amide bonds. The van der Waals surface area contributed by atoms with Crippen molar-refractivity contribution >= 4 is 10.0 Å². The van der Waals surface area contributed by atoms with E-state index in [1.807, 2.05) is 12.1 Å². The lowest BCUT2D eigenvalue weighted by molar-refractivity contribution is 0.0221. The fourth-order valence-corrected chi connectivity index (χ4v) is 9.80. The molecule has 10 unspecified atom stereocenters. The third-order valence-electron chi connectivity index (χ3n) is 10.5. The molecule has 4 fully saturated rings. The van der Waals surface area contributed by atoms with Gasteiger partial charge in [-0.3, -0.25) is 4.90 Å². The maximum atomic E-state index is 11.6. The van der Waals surface area contributed by atoms with Crippen LogP contribution in [-0.4, -0.2) is 32.4 Å². The SMILES string of the molecule is CCC1C2CCC(C2)C1C(C)N(C)C1C2CC(c3ccc(S(N)(=O)=O)cc3)C(C2)C1CC. The van der Waals surface area contributed by atoms with Crippen LogP contribution in [0.5, 0.6) is 0 Å². The van der Waals surface area contributed by atoms with Gasteiger partial charge in [0.05, 0.1) is 4.90 Å². The normalized spacial score (nSPS) is 41.6. The second-order valence-corrected chi connectivity index (χ2v) is 13.1. The molecule has 5 rings (SSSR count). The molecule has 5 heteroatoms. The van der Waals surface area contributed by atoms with Crippen LogP contribution >= 0.6 is 0 Å². The summed E-state index contributed by atoms with van der Waals surface area (Å²) in [6.07, 6.45) is 9.60. The summed E-state index contributed by atoms with van der Waals surface area (Å²) in [5, 5.41) is 5.30. The van der Waals surface area contributed by atoms with Crippen molar-refractivity contribution in [3.8, 4) is 0 Å². The number of rotatable bonds is 7. The fourth-order valence-electron chi connectivity index (χ4n) is 9.29. The van der Waals surface area contributed by atoms with Gasteiger partial charge in [-0.25, -0.2) is 13.6 Å². The molecule has 2 N–H and O–H groups in total. The Hall–Kier alpha value is -0.910. The fraction of sp³-hybridized carbons (Fsp3) is 0.778. The molecule has 1 aromatic rings. The Morgan fingerprint density at radius 2 is 1.62 bits per heavy atom. The van der Waals surface area contributed by atoms with Crippen molar-refractivity contribution in [2.24, 2.45) is 46.6 Å². The molecule has 0 heterocycles. The number of fused-ring (bicyclic) bond motifs is 4. The van der Waals surface area contributed by atoms with Crippen molar-refractivity contribution < 1.29 is 8.42 Å². The molecule has 0 spiro atoms. The van der Waals surface area contributed by atoms with Gasteiger partial charge < -0.3 is 0 Å². The first kappa shape index (κ1) is 22.9. The molecule has 0 saturated heterocycles. The highest BCUT2D eigenvalue weighted by Gasteiger charge is 2.56. The minimum absolute atomic E-state index is 0.222. The van der Waals surface area contributed by atoms with Crippen LogP contribution in [0, 0.1) is 41.4 Å². The molecule has 178 valence electrons. The molecule has 4 aliphatic rings. The summed E-state index contributed by atoms with van der Waals surface area (Å²) in [6.45, 7) is 7.34. The van der Waals surface area contributed by atoms with Crippen molar-refractivity contribution in [1.29, 1.82) is 0 Å². The molecule has 4 aliphatic carbocycles. The average Bonchev–Trinajstić information content (AvgIpc) is 3.56. The summed E-state index contributed by atoms with van der Waals surface area (Å²) in [4.78, 5) is 3.05. The first-order valence-electron chi connectivity index (χ1n) is 13.1. The van der Waals surface area contributed by atoms with Gasteiger partial charge in [0.25, 0.3) is 0 Å². The first-order chi connectivity index (χ1) is 15.2. The Balaban J connectivity index is 1.33. The zero-order valence-corrected chi connectivity index (χ0v) is 21.1. The van der Waals surface area contributed by atoms with Crippen molar-refractivity contribution in [3.05, 3.63) is 29.8 Å². The second kappa shape index (κ2) is 8.39. The second-order valence-electron chi connectivity index (χ2n) is 11.6. The minimum Gasteiger partial charge on any atom is -0.300 e. The topological polar surface area (TPSA) is 63.4 Å². The summed E-state index contributed by atoms with van der Waals surface area (Å²) in [5.41, 5.74) is 1.30. The van der Waals surface area contributed by atoms with Crippen molar-refractivity contribution in [2.45, 2.75) is 88.6 Å². The number of hydrogen-bond acceptors (Lipinski definition) is 3. The van der Waals surface area contributed by atoms with Gasteiger partial charge in [0, 0.05) is 12.1 Å². The average molecular weight is 459 g/mol. The first-order valence-corrected chi connectivity index (χ1v) is 14.6. The molecule has 1 aromatic carbocycles. The number of hydrogen-bond donors (Lipinski definition) is 1. The summed E-state index contributed by atoms with van der Waals surface area (Å²) in [7, 11) is -1.19. The van der Waals surface area contributed by atoms with E-state index < -0.39 is 10.0 Å². The van der Waals surface area contributed by atoms with Crippen LogP contribution in [0.25, 0.3) is 0 Å². The molecule has 4 nitrogen and oxygen atoms in total. The van der Waals surface area contributed by atoms with Gasteiger partial charge in [-0.15, -0.1) is 0 Å². The quantitative estimate of drug-likeness (QED) is 0.607. The predicted octanol–water partition coefficient (Wildman–Crippen LogP) is 5.24. The van der Waals surface area contributed by atoms with Gasteiger partial charge in [-0.1, -0.05) is 38.8 Å². The van der Waals surface area contributed by atoms with Crippen molar-refractivity contribution in [1.82, 2.24) is 4.90 Å². The molecule has 0 aliphatic heterocycles. The Morgan fingerprint density at radius 3 is 2.25 bits per heavy atom. The van der Waals surface area contributed by atoms with Gasteiger partial charge in [0.2, 0.25) is 10.0 Å². The third-order valence-corrected chi connectivity index (χ3v) is 11.5. The number of nitrogens with zero attached hydrogens (tertiary/aromatic N) is 1. The van der Waals surface area contributed by atoms with Crippen molar-refractivity contribution in [3.63, 3.8) is 0 Å². The van der Waals surface area contributed by atoms with Crippen LogP contribution in [0.15, 0.2) is 29.2 Å². The standard InChI is InChI=1S/C27H42N2O2S/c1-5-22-18-7-8-19(13-18)26(22)16(3)29(4)27-20-14-24(25(15-20)23(27)6-2)17-9-11-21(12-10-17)32(28,30)31/h9-12,16,18-20,22-27H,5-8,13-15H2,1-4H3,(H2,28,30,31). The monoisotopic (exact) mass is 458 g/mol. The summed E-state index contributed by atoms with van der Waals surface area (Å²) in [6, 6.07) is 8.81. The summed E-state index contributed by atoms with van der Waals surface area (Å²) < 4.78 is 23.3. The summed E-state index contributed by atoms with van der Waals surface area (Å²) in [5.74, 6) is 6.57. The van der Waals surface area contributed by atoms with Gasteiger partial charge in [-0.05, 0) is 111 Å². The number of primary sulfonamides is 1. The maximum Gasteiger partial charge on any atom is 0.238 e. The van der Waals surface area contributed by atoms with Crippen LogP contribution in [-0.2, 0) is 10.0 Å². The molecule has 32 heavy (non-hydrogen) atoms. The van der Waals surface area contributed by atoms with E-state index in [4.69, 9.17) is 5.14 Å². The smallest absolute Gasteiger partial charge is 0.238 e. The van der Waals surface area contributed by atoms with Crippen molar-refractivity contribution in [2.75, 3.05) is 7.05 Å². The number of nitrogens with two attached hydrogens (primary N) is 1. The molecule has 10 atom stereocenters. The van der Waals surface area contributed by atoms with Gasteiger partial charge in [0.15, 0.2) is 0 Å². The third kappa shape index (κ3) is 3.58. The van der Waals surface area contributed by atoms with Gasteiger partial charge >= 0.3 is 0 Å². The lowest BCUT2D eigenvalue weighted by Gasteiger charge is -2.47. The van der Waals surface area contributed by atoms with Crippen LogP contribution in [0.2, 0.25) is 0 Å². The van der Waals surface area contributed by atoms with E-state index >= 15 is 0 Å². The van der Waals surface area contributed by atoms with Gasteiger partial charge in [0.1, 0.15) is 0 Å². The van der Waals surface area contributed by atoms with Crippen LogP contribution in [0.3, 0.4) is 0 Å². The molecule has 4 saturated carbocycles. The van der Waals surface area contributed by atoms with Gasteiger partial charge in [-0.2, -0.15) is 0 Å². The Labute approximate surface area is 195 Å². The highest BCUT2D eigenvalue weighted by Crippen LogP contribution is 2.60. The predicted molar refractivity (Wildman–Crippen MR) is 130 cm³/mol. The molecular weight excluding hydrogens is 416 g/mol. The number of benzene rings is 1. The van der Waals surface area contributed by atoms with E-state index in [0.717, 1.165) is 35.5 Å². The van der Waals surface area contributed by atoms with E-state index in [9.17, 15) is 8.42 Å². The van der Waals surface area contributed by atoms with Crippen LogP contribution < -0.4 is 5.14 Å². The molecule has 0 aromatic heterocycles. The van der Waals surface area contributed by atoms with E-state index in [1.54, 1.807) is 12.1 Å². The Morgan fingerprint density at radius 1 is 0.969 bits per heavy atom. The highest BCUT2D eigenvalue weighted by atomic mass is 32.2. The lowest BCUT2D eigenvalue weighted by Crippen LogP contribution is -2.51. The van der Waals surface area contributed by atoms with E-state index in [1.165, 1.54) is 50.5 Å². The highest BCUT2D eigenvalue weighted by molar-refractivity contribution is 7.89. The van der Waals surface area contributed by atoms with E-state index in [2.05, 4.69) is 32.7 Å².